The first-order valence-corrected chi connectivity index (χ1v) is 2.75. The van der Waals surface area contributed by atoms with Crippen LogP contribution in [-0.2, 0) is 4.79 Å². The van der Waals surface area contributed by atoms with Crippen molar-refractivity contribution in [2.24, 2.45) is 0 Å². The Balaban J connectivity index is 3.85. The highest BCUT2D eigenvalue weighted by Gasteiger charge is 2.38. The minimum Gasteiger partial charge on any atom is -0.333 e. The van der Waals surface area contributed by atoms with Crippen molar-refractivity contribution in [3.63, 3.8) is 0 Å². The lowest BCUT2D eigenvalue weighted by Gasteiger charge is -2.13. The highest BCUT2D eigenvalue weighted by molar-refractivity contribution is 6.21. The Kier molecular flexibility index (Phi) is 2.96. The molecule has 0 radical (unpaired) electrons. The summed E-state index contributed by atoms with van der Waals surface area (Å²) in [6, 6.07) is 0. The van der Waals surface area contributed by atoms with Crippen LogP contribution in [0.25, 0.3) is 0 Å². The molecule has 60 valence electrons. The summed E-state index contributed by atoms with van der Waals surface area (Å²) in [6.07, 6.45) is -4.58. The third-order valence-electron chi connectivity index (χ3n) is 0.617. The van der Waals surface area contributed by atoms with Crippen molar-refractivity contribution >= 4 is 17.5 Å². The third kappa shape index (κ3) is 3.55. The summed E-state index contributed by atoms with van der Waals surface area (Å²) in [5.74, 6) is -0.808. The summed E-state index contributed by atoms with van der Waals surface area (Å²) in [4.78, 5) is 10.0. The number of hydrogen-bond acceptors (Lipinski definition) is 1. The molecule has 1 unspecified atom stereocenters. The van der Waals surface area contributed by atoms with Gasteiger partial charge in [-0.3, -0.25) is 4.79 Å². The van der Waals surface area contributed by atoms with Gasteiger partial charge in [-0.05, 0) is 0 Å². The topological polar surface area (TPSA) is 29.1 Å². The van der Waals surface area contributed by atoms with Crippen LogP contribution in [0.4, 0.5) is 13.2 Å². The normalized spacial score (nSPS) is 14.5. The van der Waals surface area contributed by atoms with Gasteiger partial charge in [0.25, 0.3) is 0 Å². The molecule has 1 amide bonds. The van der Waals surface area contributed by atoms with Gasteiger partial charge in [-0.25, -0.2) is 0 Å². The van der Waals surface area contributed by atoms with E-state index >= 15 is 0 Å². The molecule has 0 rings (SSSR count). The summed E-state index contributed by atoms with van der Waals surface area (Å²) < 4.78 is 34.4. The van der Waals surface area contributed by atoms with E-state index in [9.17, 15) is 18.0 Å². The monoisotopic (exact) mass is 175 g/mol. The Morgan fingerprint density at radius 3 is 2.10 bits per heavy atom. The van der Waals surface area contributed by atoms with E-state index in [0.29, 0.717) is 0 Å². The Hall–Kier alpha value is -0.450. The summed E-state index contributed by atoms with van der Waals surface area (Å²) >= 11 is 4.69. The van der Waals surface area contributed by atoms with Gasteiger partial charge >= 0.3 is 6.18 Å². The van der Waals surface area contributed by atoms with E-state index in [4.69, 9.17) is 11.6 Å². The van der Waals surface area contributed by atoms with Crippen LogP contribution < -0.4 is 5.32 Å². The second-order valence-electron chi connectivity index (χ2n) is 1.60. The standard InChI is InChI=1S/C4H5ClF3NO/c1-2(10)9-3(5)4(6,7)8/h3H,1H3,(H,9,10). The molecule has 0 aliphatic rings. The Bertz CT molecular complexity index is 135. The molecular formula is C4H5ClF3NO. The van der Waals surface area contributed by atoms with E-state index < -0.39 is 17.6 Å². The molecule has 0 aliphatic carbocycles. The number of alkyl halides is 4. The number of carbonyl (C=O) groups is 1. The van der Waals surface area contributed by atoms with Gasteiger partial charge in [-0.2, -0.15) is 13.2 Å². The van der Waals surface area contributed by atoms with Gasteiger partial charge in [0.1, 0.15) is 0 Å². The summed E-state index contributed by atoms with van der Waals surface area (Å²) in [7, 11) is 0. The fraction of sp³-hybridized carbons (Fsp3) is 0.750. The van der Waals surface area contributed by atoms with Crippen LogP contribution in [0.3, 0.4) is 0 Å². The minimum absolute atomic E-state index is 0.808. The zero-order chi connectivity index (χ0) is 8.36. The highest BCUT2D eigenvalue weighted by atomic mass is 35.5. The summed E-state index contributed by atoms with van der Waals surface area (Å²) in [6.45, 7) is 0.959. The molecule has 0 spiro atoms. The van der Waals surface area contributed by atoms with Crippen molar-refractivity contribution in [3.8, 4) is 0 Å². The number of carbonyl (C=O) groups excluding carboxylic acids is 1. The number of amides is 1. The van der Waals surface area contributed by atoms with E-state index in [0.717, 1.165) is 6.92 Å². The largest absolute Gasteiger partial charge is 0.422 e. The predicted octanol–water partition coefficient (Wildman–Crippen LogP) is 1.25. The molecule has 1 atom stereocenters. The van der Waals surface area contributed by atoms with Crippen LogP contribution in [0.2, 0.25) is 0 Å². The molecule has 6 heteroatoms. The van der Waals surface area contributed by atoms with Gasteiger partial charge in [-0.1, -0.05) is 11.6 Å². The van der Waals surface area contributed by atoms with Gasteiger partial charge in [-0.15, -0.1) is 0 Å². The average molecular weight is 176 g/mol. The molecule has 0 fully saturated rings. The molecule has 0 saturated carbocycles. The molecule has 0 aliphatic heterocycles. The fourth-order valence-electron chi connectivity index (χ4n) is 0.260. The summed E-state index contributed by atoms with van der Waals surface area (Å²) in [5.41, 5.74) is -2.29. The molecule has 0 aromatic heterocycles. The van der Waals surface area contributed by atoms with Crippen molar-refractivity contribution in [2.45, 2.75) is 18.6 Å². The van der Waals surface area contributed by atoms with E-state index in [-0.39, 0.29) is 0 Å². The maximum absolute atomic E-state index is 11.5. The SMILES string of the molecule is CC(=O)NC(Cl)C(F)(F)F. The van der Waals surface area contributed by atoms with Crippen LogP contribution in [0.1, 0.15) is 6.92 Å². The molecule has 10 heavy (non-hydrogen) atoms. The van der Waals surface area contributed by atoms with E-state index in [1.54, 1.807) is 0 Å². The van der Waals surface area contributed by atoms with Crippen molar-refractivity contribution < 1.29 is 18.0 Å². The Labute approximate surface area is 60.3 Å². The number of nitrogens with one attached hydrogen (secondary N) is 1. The lowest BCUT2D eigenvalue weighted by atomic mass is 10.6. The first-order chi connectivity index (χ1) is 4.34. The van der Waals surface area contributed by atoms with Crippen molar-refractivity contribution in [3.05, 3.63) is 0 Å². The van der Waals surface area contributed by atoms with Crippen LogP contribution in [-0.4, -0.2) is 17.6 Å². The number of halogens is 4. The molecule has 2 nitrogen and oxygen atoms in total. The molecular weight excluding hydrogens is 170 g/mol. The number of rotatable bonds is 1. The maximum Gasteiger partial charge on any atom is 0.422 e. The Morgan fingerprint density at radius 1 is 1.60 bits per heavy atom. The van der Waals surface area contributed by atoms with Crippen LogP contribution >= 0.6 is 11.6 Å². The zero-order valence-corrected chi connectivity index (χ0v) is 5.75. The van der Waals surface area contributed by atoms with Gasteiger partial charge in [0, 0.05) is 6.92 Å². The molecule has 0 saturated heterocycles. The van der Waals surface area contributed by atoms with Crippen LogP contribution in [0.5, 0.6) is 0 Å². The second kappa shape index (κ2) is 3.09. The lowest BCUT2D eigenvalue weighted by molar-refractivity contribution is -0.145. The molecule has 0 aromatic carbocycles. The smallest absolute Gasteiger partial charge is 0.333 e. The molecule has 0 bridgehead atoms. The van der Waals surface area contributed by atoms with Crippen molar-refractivity contribution in [1.29, 1.82) is 0 Å². The zero-order valence-electron chi connectivity index (χ0n) is 5.00. The van der Waals surface area contributed by atoms with Gasteiger partial charge in [0.15, 0.2) is 0 Å². The van der Waals surface area contributed by atoms with E-state index in [1.165, 1.54) is 5.32 Å². The minimum atomic E-state index is -4.58. The van der Waals surface area contributed by atoms with Crippen molar-refractivity contribution in [2.75, 3.05) is 0 Å². The van der Waals surface area contributed by atoms with Crippen LogP contribution in [0, 0.1) is 0 Å². The number of hydrogen-bond donors (Lipinski definition) is 1. The fourth-order valence-corrected chi connectivity index (χ4v) is 0.414. The van der Waals surface area contributed by atoms with Gasteiger partial charge < -0.3 is 5.32 Å². The first kappa shape index (κ1) is 9.55. The van der Waals surface area contributed by atoms with Gasteiger partial charge in [0.2, 0.25) is 11.4 Å². The van der Waals surface area contributed by atoms with Crippen molar-refractivity contribution in [1.82, 2.24) is 5.32 Å². The quantitative estimate of drug-likeness (QED) is 0.472. The molecule has 0 heterocycles. The highest BCUT2D eigenvalue weighted by Crippen LogP contribution is 2.22. The second-order valence-corrected chi connectivity index (χ2v) is 2.04. The summed E-state index contributed by atoms with van der Waals surface area (Å²) in [5, 5.41) is 1.48. The average Bonchev–Trinajstić information content (AvgIpc) is 1.60. The lowest BCUT2D eigenvalue weighted by Crippen LogP contribution is -2.40. The van der Waals surface area contributed by atoms with Gasteiger partial charge in [0.05, 0.1) is 0 Å². The van der Waals surface area contributed by atoms with E-state index in [1.807, 2.05) is 0 Å². The maximum atomic E-state index is 11.5. The Morgan fingerprint density at radius 2 is 2.00 bits per heavy atom. The first-order valence-electron chi connectivity index (χ1n) is 2.32. The third-order valence-corrected chi connectivity index (χ3v) is 0.974. The molecule has 1 N–H and O–H groups in total. The van der Waals surface area contributed by atoms with E-state index in [2.05, 4.69) is 0 Å². The predicted molar refractivity (Wildman–Crippen MR) is 29.5 cm³/mol. The molecule has 0 aromatic rings. The van der Waals surface area contributed by atoms with Crippen LogP contribution in [0.15, 0.2) is 0 Å².